The second-order valence-corrected chi connectivity index (χ2v) is 5.86. The van der Waals surface area contributed by atoms with Crippen molar-refractivity contribution >= 4 is 17.7 Å². The summed E-state index contributed by atoms with van der Waals surface area (Å²) >= 11 is 5.70. The van der Waals surface area contributed by atoms with Gasteiger partial charge in [-0.05, 0) is 41.3 Å². The van der Waals surface area contributed by atoms with E-state index in [0.717, 1.165) is 16.7 Å². The molecule has 120 valence electrons. The highest BCUT2D eigenvalue weighted by Crippen LogP contribution is 2.24. The van der Waals surface area contributed by atoms with Crippen LogP contribution in [0, 0.1) is 5.82 Å². The summed E-state index contributed by atoms with van der Waals surface area (Å²) in [6.07, 6.45) is -0.213. The van der Waals surface area contributed by atoms with E-state index in [1.54, 1.807) is 6.07 Å². The van der Waals surface area contributed by atoms with E-state index in [-0.39, 0.29) is 12.4 Å². The highest BCUT2D eigenvalue weighted by Gasteiger charge is 2.20. The van der Waals surface area contributed by atoms with Crippen molar-refractivity contribution in [3.05, 3.63) is 63.9 Å². The summed E-state index contributed by atoms with van der Waals surface area (Å²) in [5.74, 6) is -0.369. The van der Waals surface area contributed by atoms with Crippen LogP contribution in [0.15, 0.2) is 36.4 Å². The first-order chi connectivity index (χ1) is 11.0. The maximum Gasteiger partial charge on any atom is 0.407 e. The Bertz CT molecular complexity index is 751. The summed E-state index contributed by atoms with van der Waals surface area (Å²) in [6.45, 7) is 1.08. The van der Waals surface area contributed by atoms with Gasteiger partial charge in [0.2, 0.25) is 0 Å². The van der Waals surface area contributed by atoms with Gasteiger partial charge < -0.3 is 14.7 Å². The van der Waals surface area contributed by atoms with Crippen LogP contribution in [0.4, 0.5) is 9.18 Å². The molecule has 0 saturated heterocycles. The van der Waals surface area contributed by atoms with Gasteiger partial charge in [-0.3, -0.25) is 0 Å². The Morgan fingerprint density at radius 3 is 2.83 bits per heavy atom. The molecule has 1 N–H and O–H groups in total. The highest BCUT2D eigenvalue weighted by atomic mass is 35.5. The van der Waals surface area contributed by atoms with E-state index in [9.17, 15) is 9.18 Å². The third-order valence-electron chi connectivity index (χ3n) is 3.84. The van der Waals surface area contributed by atoms with Gasteiger partial charge in [-0.2, -0.15) is 0 Å². The van der Waals surface area contributed by atoms with Crippen LogP contribution in [0.5, 0.6) is 5.75 Å². The molecular weight excluding hydrogens is 321 g/mol. The molecule has 0 spiro atoms. The minimum absolute atomic E-state index is 0.138. The molecule has 1 amide bonds. The molecular formula is C17H15ClFNO3. The van der Waals surface area contributed by atoms with Gasteiger partial charge in [0.1, 0.15) is 6.61 Å². The Labute approximate surface area is 138 Å². The first kappa shape index (κ1) is 15.6. The molecule has 2 aromatic rings. The van der Waals surface area contributed by atoms with E-state index in [2.05, 4.69) is 0 Å². The van der Waals surface area contributed by atoms with Crippen molar-refractivity contribution in [2.75, 3.05) is 6.54 Å². The largest absolute Gasteiger partial charge is 0.486 e. The lowest BCUT2D eigenvalue weighted by molar-refractivity contribution is 0.140. The predicted octanol–water partition coefficient (Wildman–Crippen LogP) is 4.09. The highest BCUT2D eigenvalue weighted by molar-refractivity contribution is 6.30. The van der Waals surface area contributed by atoms with Crippen molar-refractivity contribution in [1.82, 2.24) is 4.90 Å². The molecule has 0 saturated carbocycles. The van der Waals surface area contributed by atoms with Crippen LogP contribution in [-0.2, 0) is 19.6 Å². The number of carboxylic acid groups (broad SMARTS) is 1. The second kappa shape index (κ2) is 6.46. The van der Waals surface area contributed by atoms with Crippen molar-refractivity contribution in [3.63, 3.8) is 0 Å². The minimum atomic E-state index is -0.916. The van der Waals surface area contributed by atoms with Crippen molar-refractivity contribution in [3.8, 4) is 5.75 Å². The lowest BCUT2D eigenvalue weighted by Crippen LogP contribution is -2.34. The summed E-state index contributed by atoms with van der Waals surface area (Å²) in [5.41, 5.74) is 2.98. The number of ether oxygens (including phenoxy) is 1. The first-order valence-corrected chi connectivity index (χ1v) is 7.57. The van der Waals surface area contributed by atoms with Gasteiger partial charge in [0.15, 0.2) is 11.6 Å². The van der Waals surface area contributed by atoms with E-state index in [1.165, 1.54) is 17.0 Å². The maximum atomic E-state index is 13.7. The molecule has 6 heteroatoms. The number of carbonyl (C=O) groups is 1. The number of benzene rings is 2. The quantitative estimate of drug-likeness (QED) is 0.919. The van der Waals surface area contributed by atoms with Crippen LogP contribution in [0.2, 0.25) is 5.02 Å². The molecule has 4 nitrogen and oxygen atoms in total. The van der Waals surface area contributed by atoms with E-state index in [0.29, 0.717) is 24.5 Å². The zero-order valence-corrected chi connectivity index (χ0v) is 13.0. The number of hydrogen-bond acceptors (Lipinski definition) is 2. The Kier molecular flexibility index (Phi) is 4.39. The Morgan fingerprint density at radius 2 is 2.09 bits per heavy atom. The molecule has 0 aromatic heterocycles. The van der Waals surface area contributed by atoms with Gasteiger partial charge in [-0.15, -0.1) is 0 Å². The smallest absolute Gasteiger partial charge is 0.407 e. The standard InChI is InChI=1S/C17H15ClFNO3/c18-14-3-4-16(15(19)8-14)23-10-11-1-2-12-5-6-20(17(21)22)9-13(12)7-11/h1-4,7-8H,5-6,9-10H2,(H,21,22). The molecule has 3 rings (SSSR count). The molecule has 0 bridgehead atoms. The average Bonchev–Trinajstić information content (AvgIpc) is 2.53. The van der Waals surface area contributed by atoms with Gasteiger partial charge in [0.25, 0.3) is 0 Å². The molecule has 0 unspecified atom stereocenters. The topological polar surface area (TPSA) is 49.8 Å². The molecule has 1 aliphatic heterocycles. The van der Waals surface area contributed by atoms with Crippen LogP contribution < -0.4 is 4.74 Å². The molecule has 0 fully saturated rings. The summed E-state index contributed by atoms with van der Waals surface area (Å²) < 4.78 is 19.2. The van der Waals surface area contributed by atoms with E-state index in [1.807, 2.05) is 18.2 Å². The van der Waals surface area contributed by atoms with Crippen LogP contribution in [0.3, 0.4) is 0 Å². The van der Waals surface area contributed by atoms with Crippen LogP contribution in [0.25, 0.3) is 0 Å². The maximum absolute atomic E-state index is 13.7. The SMILES string of the molecule is O=C(O)N1CCc2ccc(COc3ccc(Cl)cc3F)cc2C1. The molecule has 23 heavy (non-hydrogen) atoms. The molecule has 1 heterocycles. The number of hydrogen-bond donors (Lipinski definition) is 1. The van der Waals surface area contributed by atoms with Crippen molar-refractivity contribution in [2.45, 2.75) is 19.6 Å². The number of rotatable bonds is 3. The predicted molar refractivity (Wildman–Crippen MR) is 84.3 cm³/mol. The van der Waals surface area contributed by atoms with Crippen molar-refractivity contribution < 1.29 is 19.0 Å². The van der Waals surface area contributed by atoms with Crippen LogP contribution >= 0.6 is 11.6 Å². The Hall–Kier alpha value is -2.27. The number of amides is 1. The van der Waals surface area contributed by atoms with Crippen molar-refractivity contribution in [1.29, 1.82) is 0 Å². The van der Waals surface area contributed by atoms with Crippen LogP contribution in [-0.4, -0.2) is 22.6 Å². The van der Waals surface area contributed by atoms with E-state index >= 15 is 0 Å². The lowest BCUT2D eigenvalue weighted by Gasteiger charge is -2.26. The third-order valence-corrected chi connectivity index (χ3v) is 4.08. The van der Waals surface area contributed by atoms with Crippen LogP contribution in [0.1, 0.15) is 16.7 Å². The van der Waals surface area contributed by atoms with Gasteiger partial charge >= 0.3 is 6.09 Å². The lowest BCUT2D eigenvalue weighted by atomic mass is 9.98. The summed E-state index contributed by atoms with van der Waals surface area (Å²) in [7, 11) is 0. The fourth-order valence-electron chi connectivity index (χ4n) is 2.62. The minimum Gasteiger partial charge on any atom is -0.486 e. The van der Waals surface area contributed by atoms with Gasteiger partial charge in [0.05, 0.1) is 0 Å². The van der Waals surface area contributed by atoms with Gasteiger partial charge in [0, 0.05) is 18.1 Å². The second-order valence-electron chi connectivity index (χ2n) is 5.42. The van der Waals surface area contributed by atoms with Crippen molar-refractivity contribution in [2.24, 2.45) is 0 Å². The van der Waals surface area contributed by atoms with E-state index < -0.39 is 11.9 Å². The Balaban J connectivity index is 1.72. The summed E-state index contributed by atoms with van der Waals surface area (Å²) in [4.78, 5) is 12.5. The molecule has 0 atom stereocenters. The number of halogens is 2. The average molecular weight is 336 g/mol. The normalized spacial score (nSPS) is 13.6. The number of fused-ring (bicyclic) bond motifs is 1. The fraction of sp³-hybridized carbons (Fsp3) is 0.235. The van der Waals surface area contributed by atoms with Gasteiger partial charge in [-0.25, -0.2) is 9.18 Å². The molecule has 0 aliphatic carbocycles. The number of nitrogens with zero attached hydrogens (tertiary/aromatic N) is 1. The zero-order valence-electron chi connectivity index (χ0n) is 12.3. The van der Waals surface area contributed by atoms with E-state index in [4.69, 9.17) is 21.4 Å². The monoisotopic (exact) mass is 335 g/mol. The zero-order chi connectivity index (χ0) is 16.4. The Morgan fingerprint density at radius 1 is 1.26 bits per heavy atom. The summed E-state index contributed by atoms with van der Waals surface area (Å²) in [6, 6.07) is 10.1. The molecule has 0 radical (unpaired) electrons. The molecule has 1 aliphatic rings. The molecule has 2 aromatic carbocycles. The van der Waals surface area contributed by atoms with Gasteiger partial charge in [-0.1, -0.05) is 29.8 Å². The fourth-order valence-corrected chi connectivity index (χ4v) is 2.78. The third kappa shape index (κ3) is 3.56. The summed E-state index contributed by atoms with van der Waals surface area (Å²) in [5, 5.41) is 9.40. The first-order valence-electron chi connectivity index (χ1n) is 7.19.